The number of pyridine rings is 1. The van der Waals surface area contributed by atoms with E-state index in [1.54, 1.807) is 30.5 Å². The van der Waals surface area contributed by atoms with Gasteiger partial charge in [-0.1, -0.05) is 48.0 Å². The zero-order valence-corrected chi connectivity index (χ0v) is 19.9. The third-order valence-corrected chi connectivity index (χ3v) is 6.32. The van der Waals surface area contributed by atoms with Crippen LogP contribution in [0.4, 0.5) is 5.82 Å². The topological polar surface area (TPSA) is 71.5 Å². The van der Waals surface area contributed by atoms with Crippen molar-refractivity contribution < 1.29 is 14.3 Å². The first-order valence-electron chi connectivity index (χ1n) is 11.4. The fourth-order valence-electron chi connectivity index (χ4n) is 4.01. The van der Waals surface area contributed by atoms with Gasteiger partial charge in [-0.3, -0.25) is 9.59 Å². The quantitative estimate of drug-likeness (QED) is 0.485. The highest BCUT2D eigenvalue weighted by molar-refractivity contribution is 6.31. The van der Waals surface area contributed by atoms with Crippen LogP contribution in [0.15, 0.2) is 66.9 Å². The highest BCUT2D eigenvalue weighted by Gasteiger charge is 2.23. The summed E-state index contributed by atoms with van der Waals surface area (Å²) in [4.78, 5) is 31.5. The van der Waals surface area contributed by atoms with Crippen LogP contribution in [0.1, 0.15) is 24.0 Å². The van der Waals surface area contributed by atoms with Gasteiger partial charge < -0.3 is 15.0 Å². The lowest BCUT2D eigenvalue weighted by Gasteiger charge is -2.27. The SMILES string of the molecule is CN1CCC(C(=O)Nc2cc(Oc3ccc(CC(=O)Cc4ccccc4)c(Cl)c3)ccn2)CC1. The van der Waals surface area contributed by atoms with Gasteiger partial charge in [0.1, 0.15) is 23.1 Å². The molecule has 1 aliphatic rings. The van der Waals surface area contributed by atoms with Gasteiger partial charge in [-0.05, 0) is 62.3 Å². The molecule has 176 valence electrons. The molecule has 7 heteroatoms. The molecular weight excluding hydrogens is 450 g/mol. The lowest BCUT2D eigenvalue weighted by Crippen LogP contribution is -2.36. The van der Waals surface area contributed by atoms with Crippen molar-refractivity contribution >= 4 is 29.1 Å². The molecule has 2 aromatic carbocycles. The van der Waals surface area contributed by atoms with Crippen molar-refractivity contribution in [1.29, 1.82) is 0 Å². The van der Waals surface area contributed by atoms with Crippen molar-refractivity contribution in [3.63, 3.8) is 0 Å². The molecule has 1 saturated heterocycles. The van der Waals surface area contributed by atoms with Crippen molar-refractivity contribution in [1.82, 2.24) is 9.88 Å². The maximum Gasteiger partial charge on any atom is 0.228 e. The van der Waals surface area contributed by atoms with Gasteiger partial charge in [0.15, 0.2) is 0 Å². The average Bonchev–Trinajstić information content (AvgIpc) is 2.82. The molecule has 0 aliphatic carbocycles. The van der Waals surface area contributed by atoms with E-state index in [-0.39, 0.29) is 24.0 Å². The molecule has 1 aromatic heterocycles. The van der Waals surface area contributed by atoms with Gasteiger partial charge in [0.2, 0.25) is 5.91 Å². The van der Waals surface area contributed by atoms with E-state index in [4.69, 9.17) is 16.3 Å². The summed E-state index contributed by atoms with van der Waals surface area (Å²) in [6.45, 7) is 1.84. The minimum absolute atomic E-state index is 0.00136. The maximum atomic E-state index is 12.6. The predicted octanol–water partition coefficient (Wildman–Crippen LogP) is 5.16. The van der Waals surface area contributed by atoms with Gasteiger partial charge in [0.05, 0.1) is 0 Å². The Hall–Kier alpha value is -3.22. The van der Waals surface area contributed by atoms with Gasteiger partial charge in [-0.25, -0.2) is 4.98 Å². The number of rotatable bonds is 8. The number of piperidine rings is 1. The van der Waals surface area contributed by atoms with Crippen LogP contribution >= 0.6 is 11.6 Å². The van der Waals surface area contributed by atoms with Gasteiger partial charge in [0.25, 0.3) is 0 Å². The second-order valence-electron chi connectivity index (χ2n) is 8.68. The first-order valence-corrected chi connectivity index (χ1v) is 11.8. The molecular formula is C27H28ClN3O3. The van der Waals surface area contributed by atoms with Crippen LogP contribution in [0.3, 0.4) is 0 Å². The number of likely N-dealkylation sites (tertiary alicyclic amines) is 1. The first-order chi connectivity index (χ1) is 16.5. The first kappa shape index (κ1) is 23.9. The number of Topliss-reactive ketones (excluding diaryl/α,β-unsaturated/α-hetero) is 1. The molecule has 0 bridgehead atoms. The van der Waals surface area contributed by atoms with Gasteiger partial charge in [0, 0.05) is 36.0 Å². The minimum atomic E-state index is -0.00897. The number of anilines is 1. The Morgan fingerprint density at radius 2 is 1.76 bits per heavy atom. The van der Waals surface area contributed by atoms with Crippen LogP contribution in [-0.2, 0) is 22.4 Å². The number of benzene rings is 2. The Labute approximate surface area is 204 Å². The number of nitrogens with one attached hydrogen (secondary N) is 1. The number of hydrogen-bond donors (Lipinski definition) is 1. The number of halogens is 1. The van der Waals surface area contributed by atoms with E-state index in [9.17, 15) is 9.59 Å². The zero-order valence-electron chi connectivity index (χ0n) is 19.2. The van der Waals surface area contributed by atoms with Crippen LogP contribution in [0.2, 0.25) is 5.02 Å². The minimum Gasteiger partial charge on any atom is -0.457 e. The van der Waals surface area contributed by atoms with Crippen molar-refractivity contribution in [3.8, 4) is 11.5 Å². The second kappa shape index (κ2) is 11.3. The summed E-state index contributed by atoms with van der Waals surface area (Å²) in [6.07, 6.45) is 3.92. The predicted molar refractivity (Wildman–Crippen MR) is 133 cm³/mol. The molecule has 0 radical (unpaired) electrons. The number of aromatic nitrogens is 1. The van der Waals surface area contributed by atoms with Crippen molar-refractivity contribution in [2.45, 2.75) is 25.7 Å². The van der Waals surface area contributed by atoms with Crippen LogP contribution in [-0.4, -0.2) is 41.7 Å². The summed E-state index contributed by atoms with van der Waals surface area (Å²) < 4.78 is 5.93. The average molecular weight is 478 g/mol. The van der Waals surface area contributed by atoms with E-state index in [0.717, 1.165) is 37.1 Å². The molecule has 1 amide bonds. The van der Waals surface area contributed by atoms with E-state index in [0.29, 0.717) is 28.8 Å². The number of carbonyl (C=O) groups is 2. The monoisotopic (exact) mass is 477 g/mol. The molecule has 4 rings (SSSR count). The molecule has 1 aliphatic heterocycles. The van der Waals surface area contributed by atoms with E-state index in [1.807, 2.05) is 36.4 Å². The number of nitrogens with zero attached hydrogens (tertiary/aromatic N) is 2. The molecule has 0 unspecified atom stereocenters. The largest absolute Gasteiger partial charge is 0.457 e. The highest BCUT2D eigenvalue weighted by Crippen LogP contribution is 2.28. The molecule has 1 fully saturated rings. The standard InChI is InChI=1S/C27H28ClN3O3/c1-31-13-10-20(11-14-31)27(33)30-26-18-24(9-12-29-26)34-23-8-7-21(25(28)17-23)16-22(32)15-19-5-3-2-4-6-19/h2-9,12,17-18,20H,10-11,13-16H2,1H3,(H,29,30,33). The normalized spacial score (nSPS) is 14.5. The molecule has 0 saturated carbocycles. The van der Waals surface area contributed by atoms with Crippen molar-refractivity contribution in [2.75, 3.05) is 25.5 Å². The van der Waals surface area contributed by atoms with Crippen molar-refractivity contribution in [3.05, 3.63) is 83.0 Å². The number of carbonyl (C=O) groups excluding carboxylic acids is 2. The van der Waals surface area contributed by atoms with Crippen LogP contribution in [0.5, 0.6) is 11.5 Å². The Balaban J connectivity index is 1.35. The van der Waals surface area contributed by atoms with Crippen LogP contribution in [0.25, 0.3) is 0 Å². The van der Waals surface area contributed by atoms with E-state index in [2.05, 4.69) is 22.2 Å². The second-order valence-corrected chi connectivity index (χ2v) is 9.08. The molecule has 0 atom stereocenters. The fourth-order valence-corrected chi connectivity index (χ4v) is 4.25. The van der Waals surface area contributed by atoms with Crippen LogP contribution < -0.4 is 10.1 Å². The number of ether oxygens (including phenoxy) is 1. The molecule has 34 heavy (non-hydrogen) atoms. The van der Waals surface area contributed by atoms with E-state index in [1.165, 1.54) is 0 Å². The number of hydrogen-bond acceptors (Lipinski definition) is 5. The van der Waals surface area contributed by atoms with E-state index >= 15 is 0 Å². The Bertz CT molecular complexity index is 1140. The van der Waals surface area contributed by atoms with Gasteiger partial charge >= 0.3 is 0 Å². The fraction of sp³-hybridized carbons (Fsp3) is 0.296. The number of ketones is 1. The van der Waals surface area contributed by atoms with Gasteiger partial charge in [-0.15, -0.1) is 0 Å². The summed E-state index contributed by atoms with van der Waals surface area (Å²) in [5.41, 5.74) is 1.75. The molecule has 0 spiro atoms. The van der Waals surface area contributed by atoms with E-state index < -0.39 is 0 Å². The third-order valence-electron chi connectivity index (χ3n) is 5.96. The lowest BCUT2D eigenvalue weighted by molar-refractivity contribution is -0.121. The van der Waals surface area contributed by atoms with Crippen molar-refractivity contribution in [2.24, 2.45) is 5.92 Å². The Kier molecular flexibility index (Phi) is 7.93. The lowest BCUT2D eigenvalue weighted by atomic mass is 9.96. The third kappa shape index (κ3) is 6.65. The molecule has 1 N–H and O–H groups in total. The summed E-state index contributed by atoms with van der Waals surface area (Å²) >= 11 is 6.43. The number of amides is 1. The summed E-state index contributed by atoms with van der Waals surface area (Å²) in [5, 5.41) is 3.38. The molecule has 3 aromatic rings. The Morgan fingerprint density at radius 1 is 1.03 bits per heavy atom. The Morgan fingerprint density at radius 3 is 2.50 bits per heavy atom. The summed E-state index contributed by atoms with van der Waals surface area (Å²) in [7, 11) is 2.07. The highest BCUT2D eigenvalue weighted by atomic mass is 35.5. The molecule has 2 heterocycles. The van der Waals surface area contributed by atoms with Gasteiger partial charge in [-0.2, -0.15) is 0 Å². The maximum absolute atomic E-state index is 12.6. The zero-order chi connectivity index (χ0) is 23.9. The van der Waals surface area contributed by atoms with Crippen LogP contribution in [0, 0.1) is 5.92 Å². The summed E-state index contributed by atoms with van der Waals surface area (Å²) in [5.74, 6) is 1.63. The molecule has 6 nitrogen and oxygen atoms in total. The smallest absolute Gasteiger partial charge is 0.228 e. The summed E-state index contributed by atoms with van der Waals surface area (Å²) in [6, 6.07) is 18.4.